The largest absolute Gasteiger partial charge is 0.494 e. The SMILES string of the molecule is CCCCCCN(C)C.OB(O)c1c(F)c(F)c(F)c(F)c1F. The van der Waals surface area contributed by atoms with Gasteiger partial charge in [-0.3, -0.25) is 0 Å². The molecule has 0 bridgehead atoms. The normalized spacial score (nSPS) is 10.6. The predicted molar refractivity (Wildman–Crippen MR) is 78.8 cm³/mol. The Kier molecular flexibility index (Phi) is 10.0. The van der Waals surface area contributed by atoms with Crippen molar-refractivity contribution in [3.8, 4) is 0 Å². The lowest BCUT2D eigenvalue weighted by atomic mass is 9.79. The topological polar surface area (TPSA) is 43.7 Å². The number of hydrogen-bond donors (Lipinski definition) is 2. The molecule has 2 N–H and O–H groups in total. The van der Waals surface area contributed by atoms with E-state index in [0.717, 1.165) is 0 Å². The van der Waals surface area contributed by atoms with Gasteiger partial charge < -0.3 is 14.9 Å². The van der Waals surface area contributed by atoms with Gasteiger partial charge in [0.15, 0.2) is 29.1 Å². The highest BCUT2D eigenvalue weighted by atomic mass is 19.2. The van der Waals surface area contributed by atoms with Crippen LogP contribution in [-0.2, 0) is 0 Å². The Morgan fingerprint density at radius 1 is 0.783 bits per heavy atom. The fraction of sp³-hybridized carbons (Fsp3) is 0.571. The maximum absolute atomic E-state index is 12.6. The first-order chi connectivity index (χ1) is 10.6. The summed E-state index contributed by atoms with van der Waals surface area (Å²) in [5, 5.41) is 16.7. The van der Waals surface area contributed by atoms with Crippen molar-refractivity contribution >= 4 is 12.6 Å². The fourth-order valence-corrected chi connectivity index (χ4v) is 1.70. The first-order valence-corrected chi connectivity index (χ1v) is 7.17. The van der Waals surface area contributed by atoms with Gasteiger partial charge in [-0.1, -0.05) is 26.2 Å². The second kappa shape index (κ2) is 10.6. The molecular weight excluding hydrogens is 320 g/mol. The van der Waals surface area contributed by atoms with Crippen molar-refractivity contribution in [2.24, 2.45) is 0 Å². The smallest absolute Gasteiger partial charge is 0.423 e. The van der Waals surface area contributed by atoms with Gasteiger partial charge in [0.2, 0.25) is 0 Å². The molecule has 132 valence electrons. The Labute approximate surface area is 132 Å². The van der Waals surface area contributed by atoms with E-state index in [1.165, 1.54) is 32.2 Å². The molecule has 3 nitrogen and oxygen atoms in total. The molecule has 0 heterocycles. The van der Waals surface area contributed by atoms with Crippen LogP contribution in [0.1, 0.15) is 32.6 Å². The second-order valence-electron chi connectivity index (χ2n) is 5.22. The van der Waals surface area contributed by atoms with Crippen LogP contribution in [0.3, 0.4) is 0 Å². The molecule has 0 saturated carbocycles. The van der Waals surface area contributed by atoms with E-state index in [-0.39, 0.29) is 0 Å². The Balaban J connectivity index is 0.000000468. The molecule has 0 fully saturated rings. The zero-order chi connectivity index (χ0) is 18.2. The van der Waals surface area contributed by atoms with Crippen molar-refractivity contribution in [2.45, 2.75) is 32.6 Å². The maximum Gasteiger partial charge on any atom is 0.494 e. The summed E-state index contributed by atoms with van der Waals surface area (Å²) in [6, 6.07) is 0. The minimum Gasteiger partial charge on any atom is -0.423 e. The standard InChI is InChI=1S/C8H19N.C6H2BF5O2/c1-4-5-6-7-8-9(2)3;8-2-1(7(13)14)3(9)5(11)6(12)4(2)10/h4-8H2,1-3H3;13-14H. The Morgan fingerprint density at radius 2 is 1.22 bits per heavy atom. The van der Waals surface area contributed by atoms with Gasteiger partial charge in [0.05, 0.1) is 5.46 Å². The van der Waals surface area contributed by atoms with Crippen molar-refractivity contribution in [1.29, 1.82) is 0 Å². The quantitative estimate of drug-likeness (QED) is 0.274. The Hall–Kier alpha value is -1.19. The summed E-state index contributed by atoms with van der Waals surface area (Å²) >= 11 is 0. The molecule has 0 spiro atoms. The summed E-state index contributed by atoms with van der Waals surface area (Å²) in [4.78, 5) is 2.25. The van der Waals surface area contributed by atoms with Crippen LogP contribution < -0.4 is 5.46 Å². The monoisotopic (exact) mass is 341 g/mol. The van der Waals surface area contributed by atoms with Crippen LogP contribution in [0.2, 0.25) is 0 Å². The first kappa shape index (κ1) is 21.8. The number of rotatable bonds is 6. The third-order valence-corrected chi connectivity index (χ3v) is 2.96. The Morgan fingerprint density at radius 3 is 1.57 bits per heavy atom. The van der Waals surface area contributed by atoms with Gasteiger partial charge in [0, 0.05) is 0 Å². The van der Waals surface area contributed by atoms with Crippen LogP contribution in [0, 0.1) is 29.1 Å². The molecule has 0 radical (unpaired) electrons. The van der Waals surface area contributed by atoms with E-state index < -0.39 is 41.7 Å². The highest BCUT2D eigenvalue weighted by Gasteiger charge is 2.31. The molecule has 1 aromatic carbocycles. The molecule has 0 aliphatic carbocycles. The predicted octanol–water partition coefficient (Wildman–Crippen LogP) is 2.19. The summed E-state index contributed by atoms with van der Waals surface area (Å²) in [5.41, 5.74) is -1.67. The number of halogens is 5. The molecular formula is C14H21BF5NO2. The van der Waals surface area contributed by atoms with Crippen LogP contribution >= 0.6 is 0 Å². The van der Waals surface area contributed by atoms with Gasteiger partial charge in [-0.25, -0.2) is 22.0 Å². The van der Waals surface area contributed by atoms with Crippen molar-refractivity contribution < 1.29 is 32.0 Å². The van der Waals surface area contributed by atoms with Gasteiger partial charge in [-0.15, -0.1) is 0 Å². The highest BCUT2D eigenvalue weighted by Crippen LogP contribution is 2.15. The minimum atomic E-state index is -2.76. The van der Waals surface area contributed by atoms with Gasteiger partial charge in [0.25, 0.3) is 0 Å². The summed E-state index contributed by atoms with van der Waals surface area (Å²) in [6.45, 7) is 3.50. The summed E-state index contributed by atoms with van der Waals surface area (Å²) in [6.07, 6.45) is 5.50. The number of nitrogens with zero attached hydrogens (tertiary/aromatic N) is 1. The highest BCUT2D eigenvalue weighted by molar-refractivity contribution is 6.58. The molecule has 0 unspecified atom stereocenters. The first-order valence-electron chi connectivity index (χ1n) is 7.17. The zero-order valence-electron chi connectivity index (χ0n) is 13.3. The lowest BCUT2D eigenvalue weighted by molar-refractivity contribution is 0.373. The number of unbranched alkanes of at least 4 members (excludes halogenated alkanes) is 3. The van der Waals surface area contributed by atoms with Gasteiger partial charge in [-0.05, 0) is 27.1 Å². The second-order valence-corrected chi connectivity index (χ2v) is 5.22. The average Bonchev–Trinajstić information content (AvgIpc) is 2.48. The molecule has 0 aliphatic rings. The van der Waals surface area contributed by atoms with Gasteiger partial charge in [0.1, 0.15) is 0 Å². The van der Waals surface area contributed by atoms with Crippen LogP contribution in [0.25, 0.3) is 0 Å². The van der Waals surface area contributed by atoms with Crippen LogP contribution in [0.4, 0.5) is 22.0 Å². The molecule has 23 heavy (non-hydrogen) atoms. The van der Waals surface area contributed by atoms with E-state index >= 15 is 0 Å². The molecule has 9 heteroatoms. The molecule has 0 atom stereocenters. The third kappa shape index (κ3) is 6.84. The van der Waals surface area contributed by atoms with E-state index in [2.05, 4.69) is 25.9 Å². The minimum absolute atomic E-state index is 1.25. The van der Waals surface area contributed by atoms with Crippen molar-refractivity contribution in [3.05, 3.63) is 29.1 Å². The van der Waals surface area contributed by atoms with Crippen molar-refractivity contribution in [3.63, 3.8) is 0 Å². The van der Waals surface area contributed by atoms with Gasteiger partial charge >= 0.3 is 7.12 Å². The third-order valence-electron chi connectivity index (χ3n) is 2.96. The summed E-state index contributed by atoms with van der Waals surface area (Å²) in [5.74, 6) is -11.3. The lowest BCUT2D eigenvalue weighted by Gasteiger charge is -2.07. The maximum atomic E-state index is 12.6. The van der Waals surface area contributed by atoms with Crippen molar-refractivity contribution in [1.82, 2.24) is 4.90 Å². The number of hydrogen-bond acceptors (Lipinski definition) is 3. The molecule has 0 amide bonds. The molecule has 1 aromatic rings. The summed E-state index contributed by atoms with van der Waals surface area (Å²) in [7, 11) is 1.50. The average molecular weight is 341 g/mol. The van der Waals surface area contributed by atoms with E-state index in [0.29, 0.717) is 0 Å². The lowest BCUT2D eigenvalue weighted by Crippen LogP contribution is -2.38. The van der Waals surface area contributed by atoms with Crippen LogP contribution in [-0.4, -0.2) is 42.7 Å². The van der Waals surface area contributed by atoms with Gasteiger partial charge in [-0.2, -0.15) is 0 Å². The molecule has 1 rings (SSSR count). The molecule has 0 aliphatic heterocycles. The van der Waals surface area contributed by atoms with Crippen LogP contribution in [0.5, 0.6) is 0 Å². The van der Waals surface area contributed by atoms with E-state index in [4.69, 9.17) is 10.0 Å². The van der Waals surface area contributed by atoms with Crippen molar-refractivity contribution in [2.75, 3.05) is 20.6 Å². The van der Waals surface area contributed by atoms with E-state index in [1.807, 2.05) is 0 Å². The molecule has 0 saturated heterocycles. The van der Waals surface area contributed by atoms with Crippen LogP contribution in [0.15, 0.2) is 0 Å². The zero-order valence-corrected chi connectivity index (χ0v) is 13.3. The Bertz CT molecular complexity index is 472. The number of benzene rings is 1. The van der Waals surface area contributed by atoms with E-state index in [1.54, 1.807) is 0 Å². The van der Waals surface area contributed by atoms with E-state index in [9.17, 15) is 22.0 Å². The fourth-order valence-electron chi connectivity index (χ4n) is 1.70. The molecule has 0 aromatic heterocycles. The summed E-state index contributed by atoms with van der Waals surface area (Å²) < 4.78 is 62.4.